The first kappa shape index (κ1) is 16.4. The first-order chi connectivity index (χ1) is 9.49. The molecule has 1 fully saturated rings. The molecule has 112 valence electrons. The van der Waals surface area contributed by atoms with Crippen LogP contribution in [0.1, 0.15) is 51.1 Å². The van der Waals surface area contributed by atoms with E-state index < -0.39 is 0 Å². The molecule has 1 nitrogen and oxygen atoms in total. The van der Waals surface area contributed by atoms with Gasteiger partial charge in [-0.2, -0.15) is 0 Å². The van der Waals surface area contributed by atoms with Crippen molar-refractivity contribution >= 4 is 34.8 Å². The molecule has 20 heavy (non-hydrogen) atoms. The first-order valence-corrected chi connectivity index (χ1v) is 8.49. The molecule has 0 aliphatic heterocycles. The van der Waals surface area contributed by atoms with Crippen molar-refractivity contribution in [2.24, 2.45) is 11.8 Å². The van der Waals surface area contributed by atoms with Gasteiger partial charge in [0.2, 0.25) is 0 Å². The predicted molar refractivity (Wildman–Crippen MR) is 89.0 cm³/mol. The Morgan fingerprint density at radius 1 is 1.20 bits per heavy atom. The lowest BCUT2D eigenvalue weighted by atomic mass is 9.82. The van der Waals surface area contributed by atoms with E-state index in [2.05, 4.69) is 19.2 Å². The summed E-state index contributed by atoms with van der Waals surface area (Å²) < 4.78 is 0. The van der Waals surface area contributed by atoms with Crippen molar-refractivity contribution in [2.75, 3.05) is 6.54 Å². The molecule has 1 aromatic rings. The predicted octanol–water partition coefficient (Wildman–Crippen LogP) is 6.12. The van der Waals surface area contributed by atoms with Crippen molar-refractivity contribution < 1.29 is 0 Å². The van der Waals surface area contributed by atoms with Gasteiger partial charge in [0.1, 0.15) is 0 Å². The Balaban J connectivity index is 1.95. The van der Waals surface area contributed by atoms with Crippen LogP contribution in [0.15, 0.2) is 12.1 Å². The molecule has 0 aromatic heterocycles. The second-order valence-electron chi connectivity index (χ2n) is 6.03. The minimum atomic E-state index is 0.189. The number of hydrogen-bond acceptors (Lipinski definition) is 1. The van der Waals surface area contributed by atoms with Crippen LogP contribution in [0.25, 0.3) is 0 Å². The zero-order valence-electron chi connectivity index (χ0n) is 12.1. The molecule has 0 bridgehead atoms. The normalized spacial score (nSPS) is 24.6. The number of hydrogen-bond donors (Lipinski definition) is 1. The van der Waals surface area contributed by atoms with E-state index in [1.165, 1.54) is 25.7 Å². The van der Waals surface area contributed by atoms with Crippen LogP contribution in [0.4, 0.5) is 0 Å². The lowest BCUT2D eigenvalue weighted by Crippen LogP contribution is -2.28. The summed E-state index contributed by atoms with van der Waals surface area (Å²) in [7, 11) is 0. The van der Waals surface area contributed by atoms with Crippen LogP contribution in [-0.2, 0) is 0 Å². The van der Waals surface area contributed by atoms with Crippen molar-refractivity contribution in [3.63, 3.8) is 0 Å². The van der Waals surface area contributed by atoms with Crippen LogP contribution >= 0.6 is 34.8 Å². The van der Waals surface area contributed by atoms with Gasteiger partial charge in [0.15, 0.2) is 0 Å². The number of nitrogens with one attached hydrogen (secondary N) is 1. The Labute approximate surface area is 137 Å². The molecule has 3 unspecified atom stereocenters. The number of halogens is 3. The van der Waals surface area contributed by atoms with Crippen molar-refractivity contribution in [2.45, 2.75) is 45.6 Å². The van der Waals surface area contributed by atoms with Crippen LogP contribution in [0.3, 0.4) is 0 Å². The second kappa shape index (κ2) is 7.35. The molecule has 4 heteroatoms. The van der Waals surface area contributed by atoms with Gasteiger partial charge in [-0.3, -0.25) is 0 Å². The van der Waals surface area contributed by atoms with E-state index >= 15 is 0 Å². The van der Waals surface area contributed by atoms with E-state index in [4.69, 9.17) is 34.8 Å². The molecule has 0 saturated heterocycles. The molecular weight excluding hydrogens is 313 g/mol. The number of rotatable bonds is 4. The molecule has 1 N–H and O–H groups in total. The Bertz CT molecular complexity index is 461. The average molecular weight is 335 g/mol. The fourth-order valence-corrected chi connectivity index (χ4v) is 3.78. The fraction of sp³-hybridized carbons (Fsp3) is 0.625. The summed E-state index contributed by atoms with van der Waals surface area (Å²) in [6.07, 6.45) is 5.40. The summed E-state index contributed by atoms with van der Waals surface area (Å²) >= 11 is 18.4. The third-order valence-electron chi connectivity index (χ3n) is 4.29. The molecule has 1 aliphatic carbocycles. The van der Waals surface area contributed by atoms with E-state index in [-0.39, 0.29) is 6.04 Å². The van der Waals surface area contributed by atoms with Gasteiger partial charge in [0.05, 0.1) is 15.1 Å². The highest BCUT2D eigenvalue weighted by molar-refractivity contribution is 6.48. The summed E-state index contributed by atoms with van der Waals surface area (Å²) in [6, 6.07) is 3.96. The maximum atomic E-state index is 6.28. The van der Waals surface area contributed by atoms with Gasteiger partial charge >= 0.3 is 0 Å². The van der Waals surface area contributed by atoms with Gasteiger partial charge in [0, 0.05) is 6.04 Å². The topological polar surface area (TPSA) is 12.0 Å². The quantitative estimate of drug-likeness (QED) is 0.654. The third kappa shape index (κ3) is 4.04. The SMILES string of the molecule is CC1CCCC(CNC(C)c2ccc(Cl)c(Cl)c2Cl)C1. The molecule has 1 aromatic carbocycles. The molecule has 0 heterocycles. The van der Waals surface area contributed by atoms with Crippen LogP contribution in [-0.4, -0.2) is 6.54 Å². The third-order valence-corrected chi connectivity index (χ3v) is 5.60. The molecule has 0 radical (unpaired) electrons. The van der Waals surface area contributed by atoms with Crippen LogP contribution in [0.2, 0.25) is 15.1 Å². The maximum absolute atomic E-state index is 6.28. The van der Waals surface area contributed by atoms with Gasteiger partial charge in [-0.15, -0.1) is 0 Å². The molecule has 2 rings (SSSR count). The largest absolute Gasteiger partial charge is 0.310 e. The fourth-order valence-electron chi connectivity index (χ4n) is 3.07. The monoisotopic (exact) mass is 333 g/mol. The Kier molecular flexibility index (Phi) is 6.04. The van der Waals surface area contributed by atoms with Crippen molar-refractivity contribution in [1.29, 1.82) is 0 Å². The van der Waals surface area contributed by atoms with Crippen LogP contribution in [0.5, 0.6) is 0 Å². The maximum Gasteiger partial charge on any atom is 0.0781 e. The smallest absolute Gasteiger partial charge is 0.0781 e. The Morgan fingerprint density at radius 3 is 2.65 bits per heavy atom. The highest BCUT2D eigenvalue weighted by atomic mass is 35.5. The minimum Gasteiger partial charge on any atom is -0.310 e. The second-order valence-corrected chi connectivity index (χ2v) is 7.20. The van der Waals surface area contributed by atoms with Gasteiger partial charge in [-0.05, 0) is 49.8 Å². The number of benzene rings is 1. The van der Waals surface area contributed by atoms with Gasteiger partial charge in [-0.1, -0.05) is 60.6 Å². The molecule has 0 amide bonds. The van der Waals surface area contributed by atoms with Gasteiger partial charge < -0.3 is 5.32 Å². The molecule has 0 spiro atoms. The van der Waals surface area contributed by atoms with E-state index in [9.17, 15) is 0 Å². The van der Waals surface area contributed by atoms with Crippen LogP contribution in [0, 0.1) is 11.8 Å². The summed E-state index contributed by atoms with van der Waals surface area (Å²) in [4.78, 5) is 0. The summed E-state index contributed by atoms with van der Waals surface area (Å²) in [5.74, 6) is 1.64. The van der Waals surface area contributed by atoms with Crippen LogP contribution < -0.4 is 5.32 Å². The van der Waals surface area contributed by atoms with E-state index in [1.54, 1.807) is 0 Å². The summed E-state index contributed by atoms with van der Waals surface area (Å²) in [6.45, 7) is 5.52. The Morgan fingerprint density at radius 2 is 1.95 bits per heavy atom. The van der Waals surface area contributed by atoms with Crippen molar-refractivity contribution in [3.05, 3.63) is 32.8 Å². The average Bonchev–Trinajstić information content (AvgIpc) is 2.42. The van der Waals surface area contributed by atoms with Crippen molar-refractivity contribution in [3.8, 4) is 0 Å². The van der Waals surface area contributed by atoms with Gasteiger partial charge in [0.25, 0.3) is 0 Å². The summed E-state index contributed by atoms with van der Waals surface area (Å²) in [5.41, 5.74) is 1.02. The zero-order chi connectivity index (χ0) is 14.7. The van der Waals surface area contributed by atoms with E-state index in [0.717, 1.165) is 23.9 Å². The lowest BCUT2D eigenvalue weighted by molar-refractivity contribution is 0.268. The molecule has 1 aliphatic rings. The van der Waals surface area contributed by atoms with E-state index in [1.807, 2.05) is 12.1 Å². The minimum absolute atomic E-state index is 0.189. The Hall–Kier alpha value is 0.0500. The summed E-state index contributed by atoms with van der Waals surface area (Å²) in [5, 5.41) is 5.11. The highest BCUT2D eigenvalue weighted by Gasteiger charge is 2.20. The van der Waals surface area contributed by atoms with Gasteiger partial charge in [-0.25, -0.2) is 0 Å². The lowest BCUT2D eigenvalue weighted by Gasteiger charge is -2.28. The zero-order valence-corrected chi connectivity index (χ0v) is 14.3. The standard InChI is InChI=1S/C16H22Cl3N/c1-10-4-3-5-12(8-10)9-20-11(2)13-6-7-14(17)16(19)15(13)18/h6-7,10-12,20H,3-5,8-9H2,1-2H3. The highest BCUT2D eigenvalue weighted by Crippen LogP contribution is 2.35. The van der Waals surface area contributed by atoms with E-state index in [0.29, 0.717) is 15.1 Å². The molecular formula is C16H22Cl3N. The first-order valence-electron chi connectivity index (χ1n) is 7.35. The van der Waals surface area contributed by atoms with Crippen molar-refractivity contribution in [1.82, 2.24) is 5.32 Å². The molecule has 3 atom stereocenters. The molecule has 1 saturated carbocycles.